The van der Waals surface area contributed by atoms with Gasteiger partial charge in [-0.05, 0) is 42.7 Å². The SMILES string of the molecule is COC(=O)c1ccc(CSc2nc3scc(-c4ccc(C)c(C)c4)c3c(=O)[nH]2)o1. The molecule has 29 heavy (non-hydrogen) atoms. The zero-order valence-corrected chi connectivity index (χ0v) is 17.7. The van der Waals surface area contributed by atoms with Gasteiger partial charge in [0.15, 0.2) is 5.16 Å². The van der Waals surface area contributed by atoms with E-state index >= 15 is 0 Å². The molecule has 0 spiro atoms. The molecule has 0 aliphatic heterocycles. The van der Waals surface area contributed by atoms with E-state index < -0.39 is 5.97 Å². The van der Waals surface area contributed by atoms with E-state index in [9.17, 15) is 9.59 Å². The summed E-state index contributed by atoms with van der Waals surface area (Å²) in [6.45, 7) is 4.13. The van der Waals surface area contributed by atoms with Gasteiger partial charge in [-0.3, -0.25) is 4.79 Å². The Balaban J connectivity index is 1.60. The molecule has 6 nitrogen and oxygen atoms in total. The van der Waals surface area contributed by atoms with Crippen LogP contribution in [0.2, 0.25) is 0 Å². The number of ether oxygens (including phenoxy) is 1. The minimum Gasteiger partial charge on any atom is -0.463 e. The van der Waals surface area contributed by atoms with Crippen molar-refractivity contribution in [1.29, 1.82) is 0 Å². The zero-order valence-electron chi connectivity index (χ0n) is 16.1. The minimum absolute atomic E-state index is 0.149. The molecule has 4 aromatic rings. The maximum Gasteiger partial charge on any atom is 0.373 e. The Morgan fingerprint density at radius 3 is 2.83 bits per heavy atom. The summed E-state index contributed by atoms with van der Waals surface area (Å²) in [6.07, 6.45) is 0. The summed E-state index contributed by atoms with van der Waals surface area (Å²) < 4.78 is 10.1. The van der Waals surface area contributed by atoms with Crippen LogP contribution in [0.25, 0.3) is 21.3 Å². The van der Waals surface area contributed by atoms with Gasteiger partial charge in [0.2, 0.25) is 5.76 Å². The van der Waals surface area contributed by atoms with Gasteiger partial charge in [0, 0.05) is 10.9 Å². The van der Waals surface area contributed by atoms with Crippen molar-refractivity contribution < 1.29 is 13.9 Å². The van der Waals surface area contributed by atoms with Gasteiger partial charge in [-0.25, -0.2) is 9.78 Å². The van der Waals surface area contributed by atoms with Crippen molar-refractivity contribution in [2.24, 2.45) is 0 Å². The summed E-state index contributed by atoms with van der Waals surface area (Å²) in [5.74, 6) is 0.656. The van der Waals surface area contributed by atoms with E-state index in [1.165, 1.54) is 41.3 Å². The number of hydrogen-bond acceptors (Lipinski definition) is 7. The number of fused-ring (bicyclic) bond motifs is 1. The lowest BCUT2D eigenvalue weighted by Crippen LogP contribution is -2.08. The number of H-pyrrole nitrogens is 1. The molecular formula is C21H18N2O4S2. The smallest absolute Gasteiger partial charge is 0.373 e. The summed E-state index contributed by atoms with van der Waals surface area (Å²) in [7, 11) is 1.30. The van der Waals surface area contributed by atoms with E-state index in [4.69, 9.17) is 4.42 Å². The average Bonchev–Trinajstić information content (AvgIpc) is 3.35. The van der Waals surface area contributed by atoms with Gasteiger partial charge >= 0.3 is 5.97 Å². The monoisotopic (exact) mass is 426 g/mol. The number of carbonyl (C=O) groups is 1. The van der Waals surface area contributed by atoms with Crippen molar-refractivity contribution in [3.63, 3.8) is 0 Å². The number of furan rings is 1. The summed E-state index contributed by atoms with van der Waals surface area (Å²) in [5, 5.41) is 3.08. The summed E-state index contributed by atoms with van der Waals surface area (Å²) >= 11 is 2.79. The lowest BCUT2D eigenvalue weighted by molar-refractivity contribution is 0.0563. The number of hydrogen-bond donors (Lipinski definition) is 1. The highest BCUT2D eigenvalue weighted by atomic mass is 32.2. The molecule has 0 saturated carbocycles. The number of benzene rings is 1. The predicted octanol–water partition coefficient (Wildman–Crippen LogP) is 4.94. The molecule has 0 fully saturated rings. The number of carbonyl (C=O) groups excluding carboxylic acids is 1. The molecule has 0 bridgehead atoms. The third-order valence-corrected chi connectivity index (χ3v) is 6.41. The Labute approximate surface area is 174 Å². The number of methoxy groups -OCH3 is 1. The van der Waals surface area contributed by atoms with Crippen LogP contribution in [0.15, 0.2) is 50.1 Å². The highest BCUT2D eigenvalue weighted by molar-refractivity contribution is 7.98. The van der Waals surface area contributed by atoms with Gasteiger partial charge < -0.3 is 14.1 Å². The molecule has 4 rings (SSSR count). The maximum atomic E-state index is 12.8. The summed E-state index contributed by atoms with van der Waals surface area (Å²) in [5.41, 5.74) is 4.14. The molecule has 0 saturated heterocycles. The average molecular weight is 427 g/mol. The molecule has 1 aromatic carbocycles. The lowest BCUT2D eigenvalue weighted by Gasteiger charge is -2.05. The minimum atomic E-state index is -0.522. The van der Waals surface area contributed by atoms with E-state index in [1.54, 1.807) is 12.1 Å². The van der Waals surface area contributed by atoms with E-state index in [-0.39, 0.29) is 11.3 Å². The molecule has 3 aromatic heterocycles. The van der Waals surface area contributed by atoms with Crippen molar-refractivity contribution in [2.75, 3.05) is 7.11 Å². The first-order valence-corrected chi connectivity index (χ1v) is 10.7. The topological polar surface area (TPSA) is 85.2 Å². The standard InChI is InChI=1S/C21H18N2O4S2/c1-11-4-5-13(8-12(11)2)15-10-28-19-17(15)18(24)22-21(23-19)29-9-14-6-7-16(27-14)20(25)26-3/h4-8,10H,9H2,1-3H3,(H,22,23,24). The van der Waals surface area contributed by atoms with Crippen LogP contribution in [-0.2, 0) is 10.5 Å². The molecular weight excluding hydrogens is 408 g/mol. The van der Waals surface area contributed by atoms with Crippen molar-refractivity contribution in [2.45, 2.75) is 24.8 Å². The molecule has 148 valence electrons. The largest absolute Gasteiger partial charge is 0.463 e. The third kappa shape index (κ3) is 3.86. The van der Waals surface area contributed by atoms with Crippen LogP contribution >= 0.6 is 23.1 Å². The zero-order chi connectivity index (χ0) is 20.5. The molecule has 0 radical (unpaired) electrons. The number of nitrogens with one attached hydrogen (secondary N) is 1. The van der Waals surface area contributed by atoms with E-state index in [1.807, 2.05) is 11.4 Å². The number of rotatable bonds is 5. The van der Waals surface area contributed by atoms with Crippen LogP contribution in [0, 0.1) is 13.8 Å². The van der Waals surface area contributed by atoms with Gasteiger partial charge in [-0.1, -0.05) is 30.0 Å². The molecule has 0 aliphatic rings. The molecule has 0 atom stereocenters. The van der Waals surface area contributed by atoms with Gasteiger partial charge in [0.05, 0.1) is 18.2 Å². The fourth-order valence-electron chi connectivity index (χ4n) is 2.92. The summed E-state index contributed by atoms with van der Waals surface area (Å²) in [4.78, 5) is 32.4. The Hall–Kier alpha value is -2.84. The Kier molecular flexibility index (Phi) is 5.29. The number of esters is 1. The van der Waals surface area contributed by atoms with Crippen LogP contribution in [0.3, 0.4) is 0 Å². The van der Waals surface area contributed by atoms with E-state index in [0.717, 1.165) is 11.1 Å². The number of thioether (sulfide) groups is 1. The molecule has 0 aliphatic carbocycles. The number of aryl methyl sites for hydroxylation is 2. The molecule has 0 amide bonds. The van der Waals surface area contributed by atoms with Crippen LogP contribution in [0.5, 0.6) is 0 Å². The highest BCUT2D eigenvalue weighted by Gasteiger charge is 2.15. The first kappa shape index (κ1) is 19.5. The highest BCUT2D eigenvalue weighted by Crippen LogP contribution is 2.32. The second-order valence-corrected chi connectivity index (χ2v) is 8.37. The molecule has 0 unspecified atom stereocenters. The van der Waals surface area contributed by atoms with Crippen molar-refractivity contribution in [3.8, 4) is 11.1 Å². The van der Waals surface area contributed by atoms with Gasteiger partial charge in [-0.15, -0.1) is 11.3 Å². The number of nitrogens with zero attached hydrogens (tertiary/aromatic N) is 1. The van der Waals surface area contributed by atoms with Crippen LogP contribution in [-0.4, -0.2) is 23.0 Å². The van der Waals surface area contributed by atoms with E-state index in [0.29, 0.717) is 26.9 Å². The number of aromatic nitrogens is 2. The van der Waals surface area contributed by atoms with Crippen molar-refractivity contribution >= 4 is 39.3 Å². The first-order valence-electron chi connectivity index (χ1n) is 8.85. The fourth-order valence-corrected chi connectivity index (χ4v) is 4.68. The van der Waals surface area contributed by atoms with Crippen LogP contribution < -0.4 is 5.56 Å². The Bertz CT molecular complexity index is 1270. The van der Waals surface area contributed by atoms with Crippen molar-refractivity contribution in [3.05, 3.63) is 68.7 Å². The van der Waals surface area contributed by atoms with Gasteiger partial charge in [0.25, 0.3) is 5.56 Å². The fraction of sp³-hybridized carbons (Fsp3) is 0.190. The second kappa shape index (κ2) is 7.88. The normalized spacial score (nSPS) is 11.1. The van der Waals surface area contributed by atoms with Crippen molar-refractivity contribution in [1.82, 2.24) is 9.97 Å². The van der Waals surface area contributed by atoms with Crippen LogP contribution in [0.1, 0.15) is 27.4 Å². The molecule has 8 heteroatoms. The quantitative estimate of drug-likeness (QED) is 0.276. The van der Waals surface area contributed by atoms with Crippen LogP contribution in [0.4, 0.5) is 0 Å². The van der Waals surface area contributed by atoms with Gasteiger partial charge in [0.1, 0.15) is 10.6 Å². The predicted molar refractivity (Wildman–Crippen MR) is 115 cm³/mol. The molecule has 3 heterocycles. The first-order chi connectivity index (χ1) is 14.0. The number of thiophene rings is 1. The van der Waals surface area contributed by atoms with Gasteiger partial charge in [-0.2, -0.15) is 0 Å². The Morgan fingerprint density at radius 1 is 1.24 bits per heavy atom. The lowest BCUT2D eigenvalue weighted by atomic mass is 10.0. The Morgan fingerprint density at radius 2 is 2.07 bits per heavy atom. The maximum absolute atomic E-state index is 12.8. The molecule has 1 N–H and O–H groups in total. The third-order valence-electron chi connectivity index (χ3n) is 4.64. The second-order valence-electron chi connectivity index (χ2n) is 6.55. The summed E-state index contributed by atoms with van der Waals surface area (Å²) in [6, 6.07) is 9.46. The van der Waals surface area contributed by atoms with E-state index in [2.05, 4.69) is 40.7 Å². The number of aromatic amines is 1.